The van der Waals surface area contributed by atoms with E-state index in [4.69, 9.17) is 16.3 Å². The number of aromatic amines is 1. The van der Waals surface area contributed by atoms with E-state index in [-0.39, 0.29) is 24.0 Å². The molecule has 0 saturated heterocycles. The van der Waals surface area contributed by atoms with Crippen molar-refractivity contribution < 1.29 is 23.8 Å². The van der Waals surface area contributed by atoms with Gasteiger partial charge in [-0.05, 0) is 69.9 Å². The van der Waals surface area contributed by atoms with Crippen LogP contribution in [0, 0.1) is 11.2 Å². The van der Waals surface area contributed by atoms with Gasteiger partial charge >= 0.3 is 5.97 Å². The van der Waals surface area contributed by atoms with Gasteiger partial charge in [0.2, 0.25) is 0 Å². The average molecular weight is 517 g/mol. The Bertz CT molecular complexity index is 1190. The molecule has 3 aromatic rings. The van der Waals surface area contributed by atoms with Crippen LogP contribution in [0.3, 0.4) is 0 Å². The van der Waals surface area contributed by atoms with E-state index in [0.29, 0.717) is 22.6 Å². The molecular weight excluding hydrogens is 487 g/mol. The van der Waals surface area contributed by atoms with Crippen molar-refractivity contribution in [3.63, 3.8) is 0 Å². The third-order valence-electron chi connectivity index (χ3n) is 6.20. The minimum absolute atomic E-state index is 0.105. The number of nitrogens with zero attached hydrogens (tertiary/aromatic N) is 2. The lowest BCUT2D eigenvalue weighted by atomic mass is 9.77. The normalized spacial score (nSPS) is 14.8. The van der Waals surface area contributed by atoms with Crippen LogP contribution in [0.15, 0.2) is 48.7 Å². The van der Waals surface area contributed by atoms with Crippen LogP contribution < -0.4 is 5.32 Å². The minimum Gasteiger partial charge on any atom is -0.481 e. The number of halogens is 2. The molecule has 3 N–H and O–H groups in total. The molecule has 1 heterocycles. The fourth-order valence-corrected chi connectivity index (χ4v) is 4.24. The zero-order valence-electron chi connectivity index (χ0n) is 20.6. The van der Waals surface area contributed by atoms with Crippen molar-refractivity contribution in [2.45, 2.75) is 58.8 Å². The maximum absolute atomic E-state index is 14.3. The molecule has 1 amide bonds. The standard InChI is InChI=1S/C26H30ClFN4O4/c1-15(2)36-16(3)26(4,25(34)35)13-20(30-24(33)23-14-29-32-31-23)11-17-5-7-18(8-6-17)21-12-19(27)9-10-22(21)28/h5-10,12,14-16,20H,11,13H2,1-4H3,(H,30,33)(H,34,35)(H,29,31,32)/t16?,20-,26+/m1/s1. The summed E-state index contributed by atoms with van der Waals surface area (Å²) in [6.45, 7) is 7.02. The predicted octanol–water partition coefficient (Wildman–Crippen LogP) is 4.90. The van der Waals surface area contributed by atoms with Crippen LogP contribution >= 0.6 is 11.6 Å². The second-order valence-corrected chi connectivity index (χ2v) is 9.76. The van der Waals surface area contributed by atoms with Gasteiger partial charge in [-0.15, -0.1) is 5.10 Å². The second kappa shape index (κ2) is 11.6. The number of hydrogen-bond acceptors (Lipinski definition) is 5. The number of carbonyl (C=O) groups excluding carboxylic acids is 1. The molecule has 0 bridgehead atoms. The summed E-state index contributed by atoms with van der Waals surface area (Å²) in [4.78, 5) is 25.1. The lowest BCUT2D eigenvalue weighted by molar-refractivity contribution is -0.161. The molecule has 0 saturated carbocycles. The Morgan fingerprint density at radius 1 is 1.19 bits per heavy atom. The first-order chi connectivity index (χ1) is 17.0. The molecule has 0 radical (unpaired) electrons. The number of aliphatic carboxylic acids is 1. The minimum atomic E-state index is -1.28. The average Bonchev–Trinajstić information content (AvgIpc) is 3.36. The molecule has 36 heavy (non-hydrogen) atoms. The number of aromatic nitrogens is 3. The van der Waals surface area contributed by atoms with E-state index in [1.54, 1.807) is 32.0 Å². The van der Waals surface area contributed by atoms with Gasteiger partial charge < -0.3 is 15.2 Å². The number of benzene rings is 2. The largest absolute Gasteiger partial charge is 0.481 e. The lowest BCUT2D eigenvalue weighted by Crippen LogP contribution is -2.48. The molecule has 0 aliphatic carbocycles. The first-order valence-electron chi connectivity index (χ1n) is 11.6. The molecule has 1 aromatic heterocycles. The number of hydrogen-bond donors (Lipinski definition) is 3. The number of carboxylic acid groups (broad SMARTS) is 1. The lowest BCUT2D eigenvalue weighted by Gasteiger charge is -2.35. The van der Waals surface area contributed by atoms with Crippen molar-refractivity contribution in [2.75, 3.05) is 0 Å². The van der Waals surface area contributed by atoms with Crippen molar-refractivity contribution in [3.05, 3.63) is 70.8 Å². The summed E-state index contributed by atoms with van der Waals surface area (Å²) in [5, 5.41) is 23.1. The zero-order valence-corrected chi connectivity index (χ0v) is 21.3. The maximum atomic E-state index is 14.3. The number of ether oxygens (including phenoxy) is 1. The van der Waals surface area contributed by atoms with Gasteiger partial charge in [-0.1, -0.05) is 41.1 Å². The quantitative estimate of drug-likeness (QED) is 0.333. The number of H-pyrrole nitrogens is 1. The predicted molar refractivity (Wildman–Crippen MR) is 134 cm³/mol. The molecule has 0 aliphatic rings. The molecule has 2 aromatic carbocycles. The Balaban J connectivity index is 1.87. The monoisotopic (exact) mass is 516 g/mol. The van der Waals surface area contributed by atoms with Crippen LogP contribution in [-0.2, 0) is 16.0 Å². The number of carboxylic acids is 1. The van der Waals surface area contributed by atoms with Crippen LogP contribution in [0.2, 0.25) is 5.02 Å². The van der Waals surface area contributed by atoms with Crippen LogP contribution in [0.25, 0.3) is 11.1 Å². The third-order valence-corrected chi connectivity index (χ3v) is 6.44. The summed E-state index contributed by atoms with van der Waals surface area (Å²) >= 11 is 6.02. The van der Waals surface area contributed by atoms with E-state index in [1.807, 2.05) is 26.0 Å². The van der Waals surface area contributed by atoms with E-state index < -0.39 is 29.4 Å². The molecule has 0 spiro atoms. The first-order valence-corrected chi connectivity index (χ1v) is 12.0. The maximum Gasteiger partial charge on any atom is 0.312 e. The summed E-state index contributed by atoms with van der Waals surface area (Å²) in [7, 11) is 0. The van der Waals surface area contributed by atoms with Gasteiger partial charge in [-0.25, -0.2) is 4.39 Å². The van der Waals surface area contributed by atoms with E-state index in [0.717, 1.165) is 5.56 Å². The fourth-order valence-electron chi connectivity index (χ4n) is 4.07. The smallest absolute Gasteiger partial charge is 0.312 e. The molecule has 0 fully saturated rings. The van der Waals surface area contributed by atoms with Gasteiger partial charge in [-0.2, -0.15) is 0 Å². The molecule has 192 valence electrons. The number of amides is 1. The second-order valence-electron chi connectivity index (χ2n) is 9.32. The topological polar surface area (TPSA) is 117 Å². The summed E-state index contributed by atoms with van der Waals surface area (Å²) in [5.41, 5.74) is 0.744. The van der Waals surface area contributed by atoms with Gasteiger partial charge in [0.15, 0.2) is 0 Å². The van der Waals surface area contributed by atoms with Gasteiger partial charge in [0.25, 0.3) is 5.91 Å². The summed E-state index contributed by atoms with van der Waals surface area (Å²) in [5.74, 6) is -1.86. The van der Waals surface area contributed by atoms with Crippen molar-refractivity contribution in [1.29, 1.82) is 0 Å². The van der Waals surface area contributed by atoms with Crippen LogP contribution in [0.5, 0.6) is 0 Å². The molecular formula is C26H30ClFN4O4. The SMILES string of the molecule is CC(C)OC(C)[C@](C)(C[C@@H](Cc1ccc(-c2cc(Cl)ccc2F)cc1)NC(=O)c1cnn[nH]1)C(=O)O. The third kappa shape index (κ3) is 6.67. The molecule has 3 atom stereocenters. The van der Waals surface area contributed by atoms with E-state index in [2.05, 4.69) is 20.7 Å². The van der Waals surface area contributed by atoms with Crippen molar-refractivity contribution >= 4 is 23.5 Å². The van der Waals surface area contributed by atoms with Crippen LogP contribution in [-0.4, -0.2) is 50.6 Å². The van der Waals surface area contributed by atoms with Crippen molar-refractivity contribution in [2.24, 2.45) is 5.41 Å². The van der Waals surface area contributed by atoms with Gasteiger partial charge in [0.05, 0.1) is 23.8 Å². The zero-order chi connectivity index (χ0) is 26.5. The Morgan fingerprint density at radius 3 is 2.47 bits per heavy atom. The van der Waals surface area contributed by atoms with Crippen LogP contribution in [0.1, 0.15) is 50.2 Å². The van der Waals surface area contributed by atoms with Gasteiger partial charge in [0.1, 0.15) is 11.5 Å². The van der Waals surface area contributed by atoms with Gasteiger partial charge in [0, 0.05) is 16.6 Å². The summed E-state index contributed by atoms with van der Waals surface area (Å²) in [6.07, 6.45) is 0.956. The summed E-state index contributed by atoms with van der Waals surface area (Å²) < 4.78 is 20.1. The van der Waals surface area contributed by atoms with E-state index in [1.165, 1.54) is 18.3 Å². The Morgan fingerprint density at radius 2 is 1.89 bits per heavy atom. The van der Waals surface area contributed by atoms with E-state index >= 15 is 0 Å². The Labute approximate surface area is 214 Å². The highest BCUT2D eigenvalue weighted by Crippen LogP contribution is 2.33. The molecule has 1 unspecified atom stereocenters. The Hall–Kier alpha value is -3.30. The highest BCUT2D eigenvalue weighted by Gasteiger charge is 2.42. The van der Waals surface area contributed by atoms with Crippen molar-refractivity contribution in [3.8, 4) is 11.1 Å². The molecule has 8 nitrogen and oxygen atoms in total. The van der Waals surface area contributed by atoms with Gasteiger partial charge in [-0.3, -0.25) is 14.7 Å². The first kappa shape index (κ1) is 27.3. The van der Waals surface area contributed by atoms with E-state index in [9.17, 15) is 19.1 Å². The highest BCUT2D eigenvalue weighted by molar-refractivity contribution is 6.30. The number of nitrogens with one attached hydrogen (secondary N) is 2. The highest BCUT2D eigenvalue weighted by atomic mass is 35.5. The molecule has 0 aliphatic heterocycles. The molecule has 3 rings (SSSR count). The van der Waals surface area contributed by atoms with Crippen molar-refractivity contribution in [1.82, 2.24) is 20.7 Å². The Kier molecular flexibility index (Phi) is 8.81. The molecule has 10 heteroatoms. The fraction of sp³-hybridized carbons (Fsp3) is 0.385. The number of rotatable bonds is 11. The van der Waals surface area contributed by atoms with Crippen LogP contribution in [0.4, 0.5) is 4.39 Å². The summed E-state index contributed by atoms with van der Waals surface area (Å²) in [6, 6.07) is 11.0. The number of carbonyl (C=O) groups is 2.